The molecule has 2 aromatic heterocycles. The lowest BCUT2D eigenvalue weighted by Crippen LogP contribution is -1.98. The van der Waals surface area contributed by atoms with Crippen LogP contribution < -0.4 is 4.74 Å². The van der Waals surface area contributed by atoms with E-state index in [0.717, 1.165) is 5.56 Å². The Kier molecular flexibility index (Phi) is 4.97. The van der Waals surface area contributed by atoms with Gasteiger partial charge in [-0.3, -0.25) is 10.1 Å². The largest absolute Gasteiger partial charge is 0.486 e. The van der Waals surface area contributed by atoms with Crippen LogP contribution in [-0.2, 0) is 13.2 Å². The van der Waals surface area contributed by atoms with Crippen molar-refractivity contribution in [2.45, 2.75) is 20.1 Å². The first-order chi connectivity index (χ1) is 14.1. The van der Waals surface area contributed by atoms with Crippen molar-refractivity contribution < 1.29 is 14.2 Å². The maximum Gasteiger partial charge on any atom is 0.270 e. The predicted octanol–water partition coefficient (Wildman–Crippen LogP) is 3.50. The Bertz CT molecular complexity index is 1140. The van der Waals surface area contributed by atoms with Gasteiger partial charge in [-0.25, -0.2) is 0 Å². The van der Waals surface area contributed by atoms with Crippen molar-refractivity contribution in [3.05, 3.63) is 70.5 Å². The predicted molar refractivity (Wildman–Crippen MR) is 102 cm³/mol. The van der Waals surface area contributed by atoms with Crippen molar-refractivity contribution in [2.75, 3.05) is 0 Å². The summed E-state index contributed by atoms with van der Waals surface area (Å²) in [5.41, 5.74) is 1.94. The molecular formula is C19H16N6O4. The fourth-order valence-electron chi connectivity index (χ4n) is 2.64. The van der Waals surface area contributed by atoms with E-state index in [1.807, 2.05) is 19.1 Å². The average molecular weight is 392 g/mol. The summed E-state index contributed by atoms with van der Waals surface area (Å²) in [6.07, 6.45) is 0. The Morgan fingerprint density at radius 1 is 1.14 bits per heavy atom. The number of nitro groups is 1. The van der Waals surface area contributed by atoms with Crippen molar-refractivity contribution in [3.8, 4) is 28.4 Å². The summed E-state index contributed by atoms with van der Waals surface area (Å²) in [5.74, 6) is 1.70. The highest BCUT2D eigenvalue weighted by molar-refractivity contribution is 5.62. The van der Waals surface area contributed by atoms with Crippen LogP contribution in [0.1, 0.15) is 12.7 Å². The molecule has 146 valence electrons. The zero-order valence-corrected chi connectivity index (χ0v) is 15.4. The molecule has 0 fully saturated rings. The molecule has 0 bridgehead atoms. The second-order valence-electron chi connectivity index (χ2n) is 6.10. The van der Waals surface area contributed by atoms with Gasteiger partial charge < -0.3 is 9.26 Å². The molecule has 0 atom stereocenters. The molecule has 4 aromatic rings. The number of aromatic nitrogens is 5. The van der Waals surface area contributed by atoms with Gasteiger partial charge in [0.1, 0.15) is 18.1 Å². The number of hydrogen-bond donors (Lipinski definition) is 0. The maximum atomic E-state index is 10.9. The molecule has 10 nitrogen and oxygen atoms in total. The van der Waals surface area contributed by atoms with Gasteiger partial charge in [-0.05, 0) is 36.4 Å². The Morgan fingerprint density at radius 2 is 1.97 bits per heavy atom. The third kappa shape index (κ3) is 4.10. The molecule has 29 heavy (non-hydrogen) atoms. The van der Waals surface area contributed by atoms with Gasteiger partial charge in [0.15, 0.2) is 5.76 Å². The summed E-state index contributed by atoms with van der Waals surface area (Å²) in [4.78, 5) is 12.0. The third-order valence-electron chi connectivity index (χ3n) is 4.14. The fraction of sp³-hybridized carbons (Fsp3) is 0.158. The van der Waals surface area contributed by atoms with Crippen molar-refractivity contribution >= 4 is 5.69 Å². The van der Waals surface area contributed by atoms with Gasteiger partial charge in [-0.2, -0.15) is 4.80 Å². The van der Waals surface area contributed by atoms with Crippen LogP contribution in [0, 0.1) is 10.1 Å². The van der Waals surface area contributed by atoms with E-state index in [1.54, 1.807) is 30.3 Å². The van der Waals surface area contributed by atoms with Crippen LogP contribution in [0.4, 0.5) is 5.69 Å². The number of ether oxygens (including phenoxy) is 1. The van der Waals surface area contributed by atoms with E-state index >= 15 is 0 Å². The van der Waals surface area contributed by atoms with Gasteiger partial charge in [-0.15, -0.1) is 10.2 Å². The zero-order chi connectivity index (χ0) is 20.2. The minimum absolute atomic E-state index is 0.00292. The van der Waals surface area contributed by atoms with Crippen LogP contribution in [0.25, 0.3) is 22.6 Å². The minimum Gasteiger partial charge on any atom is -0.486 e. The molecule has 4 rings (SSSR count). The number of non-ortho nitro benzene ring substituents is 1. The topological polar surface area (TPSA) is 122 Å². The fourth-order valence-corrected chi connectivity index (χ4v) is 2.64. The quantitative estimate of drug-likeness (QED) is 0.346. The first-order valence-corrected chi connectivity index (χ1v) is 8.84. The van der Waals surface area contributed by atoms with E-state index in [1.165, 1.54) is 16.9 Å². The van der Waals surface area contributed by atoms with Gasteiger partial charge in [0.25, 0.3) is 5.69 Å². The van der Waals surface area contributed by atoms with Crippen molar-refractivity contribution in [1.29, 1.82) is 0 Å². The Morgan fingerprint density at radius 3 is 2.69 bits per heavy atom. The molecule has 0 aliphatic carbocycles. The van der Waals surface area contributed by atoms with Crippen LogP contribution >= 0.6 is 0 Å². The van der Waals surface area contributed by atoms with Crippen LogP contribution in [0.2, 0.25) is 0 Å². The first-order valence-electron chi connectivity index (χ1n) is 8.84. The maximum absolute atomic E-state index is 10.9. The van der Waals surface area contributed by atoms with Gasteiger partial charge in [-0.1, -0.05) is 17.3 Å². The van der Waals surface area contributed by atoms with Gasteiger partial charge in [0.05, 0.1) is 11.5 Å². The molecule has 2 heterocycles. The number of nitrogens with zero attached hydrogens (tertiary/aromatic N) is 6. The van der Waals surface area contributed by atoms with E-state index in [-0.39, 0.29) is 12.3 Å². The number of nitro benzene ring substituents is 1. The molecular weight excluding hydrogens is 376 g/mol. The van der Waals surface area contributed by atoms with E-state index in [0.29, 0.717) is 35.1 Å². The summed E-state index contributed by atoms with van der Waals surface area (Å²) < 4.78 is 11.0. The molecule has 0 N–H and O–H groups in total. The van der Waals surface area contributed by atoms with Crippen molar-refractivity contribution in [2.24, 2.45) is 0 Å². The van der Waals surface area contributed by atoms with Gasteiger partial charge in [0, 0.05) is 29.3 Å². The zero-order valence-electron chi connectivity index (χ0n) is 15.4. The summed E-state index contributed by atoms with van der Waals surface area (Å²) >= 11 is 0. The van der Waals surface area contributed by atoms with E-state index in [2.05, 4.69) is 20.6 Å². The number of tetrazole rings is 1. The van der Waals surface area contributed by atoms with E-state index in [4.69, 9.17) is 9.26 Å². The van der Waals surface area contributed by atoms with Crippen molar-refractivity contribution in [3.63, 3.8) is 0 Å². The number of benzene rings is 2. The summed E-state index contributed by atoms with van der Waals surface area (Å²) in [5, 5.41) is 27.1. The summed E-state index contributed by atoms with van der Waals surface area (Å²) in [7, 11) is 0. The Hall–Kier alpha value is -4.08. The smallest absolute Gasteiger partial charge is 0.270 e. The number of aryl methyl sites for hydroxylation is 1. The molecule has 10 heteroatoms. The third-order valence-corrected chi connectivity index (χ3v) is 4.14. The van der Waals surface area contributed by atoms with Crippen LogP contribution in [0.15, 0.2) is 59.1 Å². The van der Waals surface area contributed by atoms with Crippen LogP contribution in [-0.4, -0.2) is 30.3 Å². The van der Waals surface area contributed by atoms with E-state index < -0.39 is 4.92 Å². The SMILES string of the molecule is CCn1nnc(-c2ccc(OCc3cc(-c4cccc([N+](=O)[O-])c4)no3)cc2)n1. The second-order valence-corrected chi connectivity index (χ2v) is 6.10. The van der Waals surface area contributed by atoms with Crippen LogP contribution in [0.5, 0.6) is 5.75 Å². The first kappa shape index (κ1) is 18.3. The molecule has 0 saturated carbocycles. The Balaban J connectivity index is 1.41. The Labute approximate surface area is 164 Å². The lowest BCUT2D eigenvalue weighted by Gasteiger charge is -2.03. The van der Waals surface area contributed by atoms with Crippen molar-refractivity contribution in [1.82, 2.24) is 25.4 Å². The normalized spacial score (nSPS) is 10.8. The highest BCUT2D eigenvalue weighted by atomic mass is 16.6. The molecule has 0 saturated heterocycles. The summed E-state index contributed by atoms with van der Waals surface area (Å²) in [6.45, 7) is 2.77. The molecule has 0 spiro atoms. The summed E-state index contributed by atoms with van der Waals surface area (Å²) in [6, 6.07) is 15.2. The van der Waals surface area contributed by atoms with Crippen LogP contribution in [0.3, 0.4) is 0 Å². The molecule has 0 aliphatic heterocycles. The number of rotatable bonds is 7. The molecule has 0 amide bonds. The second kappa shape index (κ2) is 7.89. The highest BCUT2D eigenvalue weighted by Crippen LogP contribution is 2.24. The molecule has 0 unspecified atom stereocenters. The minimum atomic E-state index is -0.449. The molecule has 2 aromatic carbocycles. The average Bonchev–Trinajstić information content (AvgIpc) is 3.42. The number of hydrogen-bond acceptors (Lipinski definition) is 8. The lowest BCUT2D eigenvalue weighted by atomic mass is 10.1. The van der Waals surface area contributed by atoms with Gasteiger partial charge in [0.2, 0.25) is 5.82 Å². The molecule has 0 radical (unpaired) electrons. The lowest BCUT2D eigenvalue weighted by molar-refractivity contribution is -0.384. The van der Waals surface area contributed by atoms with E-state index in [9.17, 15) is 10.1 Å². The standard InChI is InChI=1S/C19H16N6O4/c1-2-24-21-19(20-23-24)13-6-8-16(9-7-13)28-12-17-11-18(22-29-17)14-4-3-5-15(10-14)25(26)27/h3-11H,2,12H2,1H3. The highest BCUT2D eigenvalue weighted by Gasteiger charge is 2.12. The molecule has 0 aliphatic rings. The van der Waals surface area contributed by atoms with Gasteiger partial charge >= 0.3 is 0 Å². The monoisotopic (exact) mass is 392 g/mol.